The first-order valence-corrected chi connectivity index (χ1v) is 8.13. The van der Waals surface area contributed by atoms with E-state index in [1.54, 1.807) is 0 Å². The Hall–Kier alpha value is -1.87. The third kappa shape index (κ3) is 6.83. The smallest absolute Gasteiger partial charge is 0.0485 e. The number of hydrogen-bond donors (Lipinski definition) is 0. The van der Waals surface area contributed by atoms with Crippen LogP contribution in [0.15, 0.2) is 30.7 Å². The molecule has 0 radical (unpaired) electrons. The first-order valence-electron chi connectivity index (χ1n) is 7.60. The number of alkyl halides is 1. The molecule has 3 nitrogen and oxygen atoms in total. The molecule has 1 rings (SSSR count). The summed E-state index contributed by atoms with van der Waals surface area (Å²) < 4.78 is 0. The van der Waals surface area contributed by atoms with E-state index in [2.05, 4.69) is 36.6 Å². The van der Waals surface area contributed by atoms with Gasteiger partial charge in [-0.05, 0) is 71.2 Å². The molecule has 1 aromatic carbocycles. The fraction of sp³-hybridized carbons (Fsp3) is 0.368. The van der Waals surface area contributed by atoms with Crippen LogP contribution in [0, 0.1) is 0 Å². The molecule has 0 N–H and O–H groups in total. The van der Waals surface area contributed by atoms with Crippen LogP contribution >= 0.6 is 11.6 Å². The average molecular weight is 334 g/mol. The molecule has 4 heteroatoms. The van der Waals surface area contributed by atoms with Crippen LogP contribution in [-0.4, -0.2) is 57.0 Å². The zero-order valence-corrected chi connectivity index (χ0v) is 15.8. The van der Waals surface area contributed by atoms with Crippen molar-refractivity contribution in [1.29, 1.82) is 0 Å². The topological polar surface area (TPSA) is 9.72 Å². The highest BCUT2D eigenvalue weighted by Gasteiger charge is 2.06. The maximum atomic E-state index is 6.23. The summed E-state index contributed by atoms with van der Waals surface area (Å²) in [4.78, 5) is 6.07. The number of halogens is 1. The van der Waals surface area contributed by atoms with Gasteiger partial charge in [0.05, 0.1) is 0 Å². The van der Waals surface area contributed by atoms with E-state index in [1.165, 1.54) is 0 Å². The van der Waals surface area contributed by atoms with Crippen molar-refractivity contribution in [2.75, 3.05) is 42.3 Å². The molecule has 0 unspecified atom stereocenters. The number of nitrogens with zero attached hydrogens (tertiary/aromatic N) is 3. The maximum absolute atomic E-state index is 6.23. The Bertz CT molecular complexity index is 545. The second-order valence-corrected chi connectivity index (χ2v) is 6.42. The minimum Gasteiger partial charge on any atom is -0.383 e. The molecule has 0 bridgehead atoms. The number of benzene rings is 1. The summed E-state index contributed by atoms with van der Waals surface area (Å²) in [6.07, 6.45) is 12.5. The fourth-order valence-electron chi connectivity index (χ4n) is 1.98. The van der Waals surface area contributed by atoms with Gasteiger partial charge >= 0.3 is 0 Å². The zero-order chi connectivity index (χ0) is 17.4. The second-order valence-electron chi connectivity index (χ2n) is 6.15. The lowest BCUT2D eigenvalue weighted by atomic mass is 9.98. The van der Waals surface area contributed by atoms with Crippen molar-refractivity contribution in [3.05, 3.63) is 53.0 Å². The summed E-state index contributed by atoms with van der Waals surface area (Å²) in [5.41, 5.74) is 4.59. The number of rotatable bonds is 7. The van der Waals surface area contributed by atoms with Gasteiger partial charge < -0.3 is 14.7 Å². The van der Waals surface area contributed by atoms with Gasteiger partial charge in [-0.1, -0.05) is 0 Å². The first kappa shape index (κ1) is 19.2. The first-order chi connectivity index (χ1) is 10.8. The van der Waals surface area contributed by atoms with E-state index in [4.69, 9.17) is 11.6 Å². The van der Waals surface area contributed by atoms with Gasteiger partial charge in [-0.2, -0.15) is 0 Å². The van der Waals surface area contributed by atoms with Crippen LogP contribution in [0.1, 0.15) is 22.3 Å². The minimum absolute atomic E-state index is 0.484. The van der Waals surface area contributed by atoms with Crippen LogP contribution in [0.2, 0.25) is 0 Å². The maximum Gasteiger partial charge on any atom is 0.0485 e. The van der Waals surface area contributed by atoms with Crippen molar-refractivity contribution in [2.24, 2.45) is 0 Å². The molecule has 0 spiro atoms. The van der Waals surface area contributed by atoms with Crippen molar-refractivity contribution < 1.29 is 0 Å². The van der Waals surface area contributed by atoms with E-state index in [1.807, 2.05) is 69.4 Å². The number of hydrogen-bond acceptors (Lipinski definition) is 3. The second kappa shape index (κ2) is 9.31. The predicted octanol–water partition coefficient (Wildman–Crippen LogP) is 4.02. The van der Waals surface area contributed by atoms with Gasteiger partial charge in [0, 0.05) is 48.2 Å². The third-order valence-corrected chi connectivity index (χ3v) is 3.41. The van der Waals surface area contributed by atoms with E-state index in [-0.39, 0.29) is 0 Å². The standard InChI is InChI=1S/C19H28ClN3/c1-21(2)10-7-16-13-17(8-11-22(3)4)19(15-20)18(14-16)9-12-23(5)6/h7-14H,15H2,1-6H3. The largest absolute Gasteiger partial charge is 0.383 e. The molecule has 0 heterocycles. The minimum atomic E-state index is 0.484. The van der Waals surface area contributed by atoms with Gasteiger partial charge in [-0.3, -0.25) is 0 Å². The van der Waals surface area contributed by atoms with E-state index in [0.717, 1.165) is 22.3 Å². The Morgan fingerprint density at radius 2 is 1.13 bits per heavy atom. The highest BCUT2D eigenvalue weighted by molar-refractivity contribution is 6.17. The van der Waals surface area contributed by atoms with Crippen molar-refractivity contribution in [3.63, 3.8) is 0 Å². The molecule has 1 aromatic rings. The summed E-state index contributed by atoms with van der Waals surface area (Å²) in [6, 6.07) is 4.34. The van der Waals surface area contributed by atoms with Crippen LogP contribution in [0.4, 0.5) is 0 Å². The highest BCUT2D eigenvalue weighted by atomic mass is 35.5. The van der Waals surface area contributed by atoms with Gasteiger partial charge in [0.25, 0.3) is 0 Å². The van der Waals surface area contributed by atoms with Crippen LogP contribution in [0.5, 0.6) is 0 Å². The molecule has 0 aromatic heterocycles. The normalized spacial score (nSPS) is 11.8. The Kier molecular flexibility index (Phi) is 7.76. The monoisotopic (exact) mass is 333 g/mol. The van der Waals surface area contributed by atoms with Gasteiger partial charge in [-0.25, -0.2) is 0 Å². The Morgan fingerprint density at radius 3 is 1.48 bits per heavy atom. The van der Waals surface area contributed by atoms with Gasteiger partial charge in [0.1, 0.15) is 0 Å². The molecule has 0 fully saturated rings. The molecule has 126 valence electrons. The van der Waals surface area contributed by atoms with Gasteiger partial charge in [0.15, 0.2) is 0 Å². The van der Waals surface area contributed by atoms with Crippen LogP contribution in [0.25, 0.3) is 18.2 Å². The zero-order valence-electron chi connectivity index (χ0n) is 15.0. The molecular formula is C19H28ClN3. The van der Waals surface area contributed by atoms with Crippen molar-refractivity contribution in [2.45, 2.75) is 5.88 Å². The summed E-state index contributed by atoms with van der Waals surface area (Å²) in [5, 5.41) is 0. The molecule has 0 aliphatic rings. The Balaban J connectivity index is 3.39. The summed E-state index contributed by atoms with van der Waals surface area (Å²) in [7, 11) is 12.1. The van der Waals surface area contributed by atoms with Crippen LogP contribution < -0.4 is 0 Å². The van der Waals surface area contributed by atoms with Crippen molar-refractivity contribution in [1.82, 2.24) is 14.7 Å². The highest BCUT2D eigenvalue weighted by Crippen LogP contribution is 2.24. The summed E-state index contributed by atoms with van der Waals surface area (Å²) in [6.45, 7) is 0. The molecule has 23 heavy (non-hydrogen) atoms. The molecule has 0 amide bonds. The van der Waals surface area contributed by atoms with E-state index >= 15 is 0 Å². The van der Waals surface area contributed by atoms with E-state index < -0.39 is 0 Å². The van der Waals surface area contributed by atoms with Gasteiger partial charge in [-0.15, -0.1) is 11.6 Å². The quantitative estimate of drug-likeness (QED) is 0.698. The summed E-state index contributed by atoms with van der Waals surface area (Å²) >= 11 is 6.23. The van der Waals surface area contributed by atoms with Crippen LogP contribution in [0.3, 0.4) is 0 Å². The molecule has 0 aliphatic carbocycles. The molecular weight excluding hydrogens is 306 g/mol. The SMILES string of the molecule is CN(C)C=Cc1cc(C=CN(C)C)c(CCl)c(C=CN(C)C)c1. The average Bonchev–Trinajstić information content (AvgIpc) is 2.48. The van der Waals surface area contributed by atoms with E-state index in [9.17, 15) is 0 Å². The molecule has 0 saturated heterocycles. The van der Waals surface area contributed by atoms with Crippen molar-refractivity contribution >= 4 is 29.8 Å². The lowest BCUT2D eigenvalue weighted by Gasteiger charge is -2.13. The lowest BCUT2D eigenvalue weighted by Crippen LogP contribution is -2.02. The lowest BCUT2D eigenvalue weighted by molar-refractivity contribution is 0.567. The Labute approximate surface area is 146 Å². The van der Waals surface area contributed by atoms with Gasteiger partial charge in [0.2, 0.25) is 0 Å². The molecule has 0 atom stereocenters. The molecule has 0 aliphatic heterocycles. The summed E-state index contributed by atoms with van der Waals surface area (Å²) in [5.74, 6) is 0.484. The van der Waals surface area contributed by atoms with E-state index in [0.29, 0.717) is 5.88 Å². The van der Waals surface area contributed by atoms with Crippen molar-refractivity contribution in [3.8, 4) is 0 Å². The van der Waals surface area contributed by atoms with Crippen LogP contribution in [-0.2, 0) is 5.88 Å². The Morgan fingerprint density at radius 1 is 0.739 bits per heavy atom. The third-order valence-electron chi connectivity index (χ3n) is 3.14. The predicted molar refractivity (Wildman–Crippen MR) is 104 cm³/mol. The fourth-order valence-corrected chi connectivity index (χ4v) is 2.29. The molecule has 0 saturated carbocycles.